The number of aryl methyl sites for hydroxylation is 1. The van der Waals surface area contributed by atoms with Gasteiger partial charge < -0.3 is 4.90 Å². The van der Waals surface area contributed by atoms with Crippen LogP contribution in [-0.2, 0) is 27.8 Å². The van der Waals surface area contributed by atoms with Crippen molar-refractivity contribution in [1.82, 2.24) is 9.21 Å². The van der Waals surface area contributed by atoms with E-state index in [4.69, 9.17) is 0 Å². The molecule has 0 radical (unpaired) electrons. The molecule has 1 aliphatic rings. The number of hydrogen-bond acceptors (Lipinski definition) is 3. The van der Waals surface area contributed by atoms with Gasteiger partial charge in [0.05, 0.1) is 4.90 Å². The Bertz CT molecular complexity index is 889. The second kappa shape index (κ2) is 6.61. The van der Waals surface area contributed by atoms with Crippen LogP contribution in [0.5, 0.6) is 0 Å². The first-order valence-corrected chi connectivity index (χ1v) is 9.61. The van der Waals surface area contributed by atoms with E-state index in [-0.39, 0.29) is 17.3 Å². The lowest BCUT2D eigenvalue weighted by Gasteiger charge is -2.36. The van der Waals surface area contributed by atoms with Crippen LogP contribution in [0, 0.1) is 6.92 Å². The molecule has 3 rings (SSSR count). The molecule has 0 saturated heterocycles. The average molecular weight is 358 g/mol. The largest absolute Gasteiger partial charge is 0.347 e. The quantitative estimate of drug-likeness (QED) is 0.845. The van der Waals surface area contributed by atoms with Crippen LogP contribution in [0.4, 0.5) is 0 Å². The predicted octanol–water partition coefficient (Wildman–Crippen LogP) is 2.20. The summed E-state index contributed by atoms with van der Waals surface area (Å²) in [4.78, 5) is 14.3. The normalized spacial score (nSPS) is 17.8. The smallest absolute Gasteiger partial charge is 0.244 e. The molecule has 132 valence electrons. The van der Waals surface area contributed by atoms with Crippen molar-refractivity contribution >= 4 is 15.9 Å². The predicted molar refractivity (Wildman–Crippen MR) is 96.5 cm³/mol. The molecule has 0 saturated carbocycles. The number of amides is 1. The van der Waals surface area contributed by atoms with Crippen LogP contribution < -0.4 is 0 Å². The van der Waals surface area contributed by atoms with Gasteiger partial charge in [0.15, 0.2) is 0 Å². The zero-order chi connectivity index (χ0) is 18.2. The molecule has 0 N–H and O–H groups in total. The van der Waals surface area contributed by atoms with Gasteiger partial charge in [0.25, 0.3) is 0 Å². The van der Waals surface area contributed by atoms with E-state index < -0.39 is 16.1 Å². The Kier molecular flexibility index (Phi) is 4.67. The zero-order valence-corrected chi connectivity index (χ0v) is 15.5. The van der Waals surface area contributed by atoms with Gasteiger partial charge in [-0.25, -0.2) is 8.42 Å². The first-order chi connectivity index (χ1) is 11.8. The molecule has 6 heteroatoms. The van der Waals surface area contributed by atoms with Gasteiger partial charge in [0.1, 0.15) is 6.04 Å². The number of hydrogen-bond donors (Lipinski definition) is 0. The first-order valence-electron chi connectivity index (χ1n) is 8.17. The lowest BCUT2D eigenvalue weighted by Crippen LogP contribution is -2.52. The molecule has 2 aromatic carbocycles. The number of carbonyl (C=O) groups excluding carboxylic acids is 1. The van der Waals surface area contributed by atoms with Crippen LogP contribution >= 0.6 is 0 Å². The van der Waals surface area contributed by atoms with Crippen LogP contribution in [0.15, 0.2) is 53.4 Å². The van der Waals surface area contributed by atoms with Gasteiger partial charge in [-0.3, -0.25) is 4.79 Å². The number of benzene rings is 2. The van der Waals surface area contributed by atoms with Crippen LogP contribution in [0.3, 0.4) is 0 Å². The number of likely N-dealkylation sites (N-methyl/N-ethyl adjacent to an activating group) is 1. The van der Waals surface area contributed by atoms with Crippen LogP contribution in [0.25, 0.3) is 0 Å². The van der Waals surface area contributed by atoms with E-state index in [1.165, 1.54) is 9.21 Å². The van der Waals surface area contributed by atoms with Crippen molar-refractivity contribution in [1.29, 1.82) is 0 Å². The van der Waals surface area contributed by atoms with Crippen LogP contribution in [0.1, 0.15) is 16.7 Å². The van der Waals surface area contributed by atoms with E-state index in [0.717, 1.165) is 16.7 Å². The number of nitrogens with zero attached hydrogens (tertiary/aromatic N) is 2. The molecule has 0 aliphatic carbocycles. The molecule has 1 aliphatic heterocycles. The number of rotatable bonds is 3. The van der Waals surface area contributed by atoms with Gasteiger partial charge in [-0.05, 0) is 36.6 Å². The summed E-state index contributed by atoms with van der Waals surface area (Å²) in [5.41, 5.74) is 2.96. The van der Waals surface area contributed by atoms with Gasteiger partial charge in [0, 0.05) is 20.6 Å². The molecule has 0 bridgehead atoms. The van der Waals surface area contributed by atoms with Gasteiger partial charge in [-0.2, -0.15) is 4.31 Å². The van der Waals surface area contributed by atoms with Crippen molar-refractivity contribution in [2.45, 2.75) is 30.8 Å². The molecule has 1 amide bonds. The van der Waals surface area contributed by atoms with Crippen molar-refractivity contribution < 1.29 is 13.2 Å². The fourth-order valence-corrected chi connectivity index (χ4v) is 4.67. The third kappa shape index (κ3) is 3.32. The summed E-state index contributed by atoms with van der Waals surface area (Å²) in [6.07, 6.45) is 0.387. The zero-order valence-electron chi connectivity index (χ0n) is 14.6. The van der Waals surface area contributed by atoms with E-state index in [1.807, 2.05) is 31.2 Å². The topological polar surface area (TPSA) is 57.7 Å². The Morgan fingerprint density at radius 3 is 2.24 bits per heavy atom. The maximum atomic E-state index is 13.2. The highest BCUT2D eigenvalue weighted by Gasteiger charge is 2.40. The van der Waals surface area contributed by atoms with Gasteiger partial charge in [0.2, 0.25) is 15.9 Å². The third-order valence-electron chi connectivity index (χ3n) is 4.56. The highest BCUT2D eigenvalue weighted by atomic mass is 32.2. The maximum Gasteiger partial charge on any atom is 0.244 e. The van der Waals surface area contributed by atoms with E-state index in [1.54, 1.807) is 38.4 Å². The Morgan fingerprint density at radius 1 is 1.04 bits per heavy atom. The molecule has 1 atom stereocenters. The van der Waals surface area contributed by atoms with Gasteiger partial charge in [-0.15, -0.1) is 0 Å². The summed E-state index contributed by atoms with van der Waals surface area (Å²) < 4.78 is 27.7. The highest BCUT2D eigenvalue weighted by molar-refractivity contribution is 7.89. The van der Waals surface area contributed by atoms with Gasteiger partial charge in [-0.1, -0.05) is 42.0 Å². The molecule has 0 fully saturated rings. The van der Waals surface area contributed by atoms with Crippen molar-refractivity contribution in [3.63, 3.8) is 0 Å². The Morgan fingerprint density at radius 2 is 1.64 bits per heavy atom. The maximum absolute atomic E-state index is 13.2. The molecule has 25 heavy (non-hydrogen) atoms. The fourth-order valence-electron chi connectivity index (χ4n) is 3.11. The molecule has 0 spiro atoms. The van der Waals surface area contributed by atoms with E-state index >= 15 is 0 Å². The number of fused-ring (bicyclic) bond motifs is 1. The molecule has 0 unspecified atom stereocenters. The summed E-state index contributed by atoms with van der Waals surface area (Å²) in [5.74, 6) is -0.204. The van der Waals surface area contributed by atoms with E-state index in [2.05, 4.69) is 0 Å². The average Bonchev–Trinajstić information content (AvgIpc) is 2.60. The van der Waals surface area contributed by atoms with Crippen LogP contribution in [-0.4, -0.2) is 43.7 Å². The summed E-state index contributed by atoms with van der Waals surface area (Å²) >= 11 is 0. The Balaban J connectivity index is 2.07. The Labute approximate surface area is 148 Å². The third-order valence-corrected chi connectivity index (χ3v) is 6.43. The van der Waals surface area contributed by atoms with Crippen LogP contribution in [0.2, 0.25) is 0 Å². The summed E-state index contributed by atoms with van der Waals surface area (Å²) in [6, 6.07) is 13.7. The van der Waals surface area contributed by atoms with E-state index in [9.17, 15) is 13.2 Å². The summed E-state index contributed by atoms with van der Waals surface area (Å²) in [5, 5.41) is 0. The molecule has 1 heterocycles. The fraction of sp³-hybridized carbons (Fsp3) is 0.316. The van der Waals surface area contributed by atoms with E-state index in [0.29, 0.717) is 6.42 Å². The lowest BCUT2D eigenvalue weighted by atomic mass is 9.95. The standard InChI is InChI=1S/C19H22N2O3S/c1-14-8-10-17(11-9-14)25(23,24)21-13-16-7-5-4-6-15(16)12-18(21)19(22)20(2)3/h4-11,18H,12-13H2,1-3H3/t18-/m1/s1. The molecular weight excluding hydrogens is 336 g/mol. The van der Waals surface area contributed by atoms with Crippen molar-refractivity contribution in [2.75, 3.05) is 14.1 Å². The highest BCUT2D eigenvalue weighted by Crippen LogP contribution is 2.29. The molecule has 0 aromatic heterocycles. The SMILES string of the molecule is Cc1ccc(S(=O)(=O)N2Cc3ccccc3C[C@@H]2C(=O)N(C)C)cc1. The summed E-state index contributed by atoms with van der Waals surface area (Å²) in [7, 11) is -0.459. The molecular formula is C19H22N2O3S. The van der Waals surface area contributed by atoms with Crippen molar-refractivity contribution in [3.8, 4) is 0 Å². The number of carbonyl (C=O) groups is 1. The minimum atomic E-state index is -3.76. The minimum Gasteiger partial charge on any atom is -0.347 e. The monoisotopic (exact) mass is 358 g/mol. The second-order valence-corrected chi connectivity index (χ2v) is 8.48. The first kappa shape index (κ1) is 17.6. The van der Waals surface area contributed by atoms with Crippen molar-refractivity contribution in [3.05, 3.63) is 65.2 Å². The van der Waals surface area contributed by atoms with Crippen molar-refractivity contribution in [2.24, 2.45) is 0 Å². The number of sulfonamides is 1. The second-order valence-electron chi connectivity index (χ2n) is 6.58. The van der Waals surface area contributed by atoms with Gasteiger partial charge >= 0.3 is 0 Å². The molecule has 5 nitrogen and oxygen atoms in total. The molecule has 2 aromatic rings. The lowest BCUT2D eigenvalue weighted by molar-refractivity contribution is -0.133. The minimum absolute atomic E-state index is 0.204. The summed E-state index contributed by atoms with van der Waals surface area (Å²) in [6.45, 7) is 2.11. The Hall–Kier alpha value is -2.18.